The van der Waals surface area contributed by atoms with Crippen LogP contribution in [-0.4, -0.2) is 14.7 Å². The third kappa shape index (κ3) is 3.36. The van der Waals surface area contributed by atoms with Crippen LogP contribution in [0.2, 0.25) is 0 Å². The Balaban J connectivity index is 2.12. The molecule has 0 spiro atoms. The van der Waals surface area contributed by atoms with Crippen molar-refractivity contribution in [3.05, 3.63) is 50.7 Å². The monoisotopic (exact) mass is 338 g/mol. The van der Waals surface area contributed by atoms with Gasteiger partial charge in [-0.15, -0.1) is 0 Å². The smallest absolute Gasteiger partial charge is 0.275 e. The molecule has 0 aliphatic carbocycles. The lowest BCUT2D eigenvalue weighted by atomic mass is 10.2. The Hall–Kier alpha value is -1.89. The molecule has 0 radical (unpaired) electrons. The number of nitrogens with one attached hydrogen (secondary N) is 1. The minimum atomic E-state index is -0.376. The second-order valence-corrected chi connectivity index (χ2v) is 5.60. The van der Waals surface area contributed by atoms with Crippen LogP contribution in [0.15, 0.2) is 35.1 Å². The van der Waals surface area contributed by atoms with Gasteiger partial charge in [0.25, 0.3) is 5.69 Å². The second-order valence-electron chi connectivity index (χ2n) is 4.69. The topological polar surface area (TPSA) is 73.0 Å². The first-order valence-electron chi connectivity index (χ1n) is 6.18. The van der Waals surface area contributed by atoms with Gasteiger partial charge in [-0.25, -0.2) is 0 Å². The zero-order chi connectivity index (χ0) is 14.7. The quantitative estimate of drug-likeness (QED) is 0.665. The fourth-order valence-electron chi connectivity index (χ4n) is 1.77. The number of benzene rings is 1. The van der Waals surface area contributed by atoms with Crippen molar-refractivity contribution < 1.29 is 4.92 Å². The van der Waals surface area contributed by atoms with Gasteiger partial charge < -0.3 is 5.32 Å². The van der Waals surface area contributed by atoms with Crippen LogP contribution >= 0.6 is 15.9 Å². The van der Waals surface area contributed by atoms with Crippen molar-refractivity contribution in [3.8, 4) is 0 Å². The fraction of sp³-hybridized carbons (Fsp3) is 0.308. The zero-order valence-electron chi connectivity index (χ0n) is 11.2. The molecule has 7 heteroatoms. The van der Waals surface area contributed by atoms with Crippen LogP contribution in [0, 0.1) is 10.1 Å². The van der Waals surface area contributed by atoms with E-state index in [1.54, 1.807) is 18.3 Å². The maximum Gasteiger partial charge on any atom is 0.275 e. The van der Waals surface area contributed by atoms with Gasteiger partial charge in [0.05, 0.1) is 16.8 Å². The van der Waals surface area contributed by atoms with E-state index in [9.17, 15) is 10.1 Å². The lowest BCUT2D eigenvalue weighted by Crippen LogP contribution is -2.03. The maximum absolute atomic E-state index is 11.0. The van der Waals surface area contributed by atoms with Crippen molar-refractivity contribution in [2.24, 2.45) is 0 Å². The van der Waals surface area contributed by atoms with Crippen molar-refractivity contribution in [2.45, 2.75) is 26.4 Å². The van der Waals surface area contributed by atoms with Gasteiger partial charge in [-0.1, -0.05) is 15.9 Å². The largest absolute Gasteiger partial charge is 0.378 e. The molecule has 0 fully saturated rings. The molecule has 1 aromatic heterocycles. The number of nitro groups is 1. The van der Waals surface area contributed by atoms with Crippen molar-refractivity contribution >= 4 is 27.3 Å². The third-order valence-corrected chi connectivity index (χ3v) is 3.35. The van der Waals surface area contributed by atoms with Crippen LogP contribution in [0.1, 0.15) is 25.5 Å². The van der Waals surface area contributed by atoms with Gasteiger partial charge in [-0.3, -0.25) is 14.8 Å². The Morgan fingerprint density at radius 3 is 2.85 bits per heavy atom. The summed E-state index contributed by atoms with van der Waals surface area (Å²) in [4.78, 5) is 10.6. The van der Waals surface area contributed by atoms with Crippen LogP contribution in [0.4, 0.5) is 11.4 Å². The van der Waals surface area contributed by atoms with E-state index < -0.39 is 0 Å². The third-order valence-electron chi connectivity index (χ3n) is 2.86. The van der Waals surface area contributed by atoms with Crippen LogP contribution < -0.4 is 5.32 Å². The average molecular weight is 339 g/mol. The Morgan fingerprint density at radius 2 is 2.25 bits per heavy atom. The molecule has 6 nitrogen and oxygen atoms in total. The van der Waals surface area contributed by atoms with E-state index in [2.05, 4.69) is 26.3 Å². The van der Waals surface area contributed by atoms with E-state index in [-0.39, 0.29) is 16.7 Å². The predicted octanol–water partition coefficient (Wildman–Crippen LogP) is 3.75. The molecule has 0 amide bonds. The summed E-state index contributed by atoms with van der Waals surface area (Å²) in [6.45, 7) is 4.46. The van der Waals surface area contributed by atoms with Crippen molar-refractivity contribution in [2.75, 3.05) is 5.32 Å². The lowest BCUT2D eigenvalue weighted by molar-refractivity contribution is -0.385. The van der Waals surface area contributed by atoms with Crippen molar-refractivity contribution in [3.63, 3.8) is 0 Å². The number of hydrogen-bond donors (Lipinski definition) is 1. The van der Waals surface area contributed by atoms with Gasteiger partial charge in [0, 0.05) is 34.9 Å². The summed E-state index contributed by atoms with van der Waals surface area (Å²) < 4.78 is 2.53. The van der Waals surface area contributed by atoms with E-state index in [1.807, 2.05) is 24.7 Å². The van der Waals surface area contributed by atoms with Gasteiger partial charge in [-0.2, -0.15) is 5.10 Å². The molecule has 1 heterocycles. The Morgan fingerprint density at radius 1 is 1.50 bits per heavy atom. The molecule has 2 rings (SSSR count). The predicted molar refractivity (Wildman–Crippen MR) is 80.7 cm³/mol. The highest BCUT2D eigenvalue weighted by molar-refractivity contribution is 9.10. The molecule has 106 valence electrons. The van der Waals surface area contributed by atoms with Crippen molar-refractivity contribution in [1.29, 1.82) is 0 Å². The zero-order valence-corrected chi connectivity index (χ0v) is 12.8. The van der Waals surface area contributed by atoms with Gasteiger partial charge in [0.15, 0.2) is 0 Å². The van der Waals surface area contributed by atoms with E-state index in [0.29, 0.717) is 16.6 Å². The standard InChI is InChI=1S/C13H15BrN4O2/c1-9(2)17-8-12(7-16-17)15-6-10-3-4-11(14)5-13(10)18(19)20/h3-5,7-9,15H,6H2,1-2H3. The van der Waals surface area contributed by atoms with E-state index in [4.69, 9.17) is 0 Å². The highest BCUT2D eigenvalue weighted by Gasteiger charge is 2.14. The first-order chi connectivity index (χ1) is 9.47. The molecule has 20 heavy (non-hydrogen) atoms. The van der Waals surface area contributed by atoms with Gasteiger partial charge in [0.2, 0.25) is 0 Å². The van der Waals surface area contributed by atoms with Gasteiger partial charge >= 0.3 is 0 Å². The Labute approximate surface area is 125 Å². The summed E-state index contributed by atoms with van der Waals surface area (Å²) in [6, 6.07) is 5.32. The summed E-state index contributed by atoms with van der Waals surface area (Å²) in [5.41, 5.74) is 1.58. The molecule has 1 aromatic carbocycles. The Bertz CT molecular complexity index is 625. The average Bonchev–Trinajstić information content (AvgIpc) is 2.86. The van der Waals surface area contributed by atoms with E-state index in [1.165, 1.54) is 6.07 Å². The molecule has 0 unspecified atom stereocenters. The summed E-state index contributed by atoms with van der Waals surface area (Å²) in [5, 5.41) is 18.4. The molecule has 0 saturated carbocycles. The number of nitro benzene ring substituents is 1. The first-order valence-corrected chi connectivity index (χ1v) is 6.97. The van der Waals surface area contributed by atoms with E-state index in [0.717, 1.165) is 5.69 Å². The highest BCUT2D eigenvalue weighted by atomic mass is 79.9. The maximum atomic E-state index is 11.0. The molecular formula is C13H15BrN4O2. The number of halogens is 1. The van der Waals surface area contributed by atoms with Crippen molar-refractivity contribution in [1.82, 2.24) is 9.78 Å². The fourth-order valence-corrected chi connectivity index (χ4v) is 2.11. The first kappa shape index (κ1) is 14.5. The lowest BCUT2D eigenvalue weighted by Gasteiger charge is -2.06. The SMILES string of the molecule is CC(C)n1cc(NCc2ccc(Br)cc2[N+](=O)[O-])cn1. The second kappa shape index (κ2) is 6.04. The summed E-state index contributed by atoms with van der Waals surface area (Å²) in [7, 11) is 0. The summed E-state index contributed by atoms with van der Waals surface area (Å²) in [6.07, 6.45) is 3.60. The molecule has 0 saturated heterocycles. The number of anilines is 1. The van der Waals surface area contributed by atoms with Crippen LogP contribution in [0.25, 0.3) is 0 Å². The molecule has 0 aliphatic rings. The van der Waals surface area contributed by atoms with Gasteiger partial charge in [-0.05, 0) is 26.0 Å². The normalized spacial score (nSPS) is 10.8. The molecule has 2 aromatic rings. The van der Waals surface area contributed by atoms with Crippen LogP contribution in [0.3, 0.4) is 0 Å². The Kier molecular flexibility index (Phi) is 4.39. The number of hydrogen-bond acceptors (Lipinski definition) is 4. The minimum absolute atomic E-state index is 0.100. The number of nitrogens with zero attached hydrogens (tertiary/aromatic N) is 3. The van der Waals surface area contributed by atoms with Gasteiger partial charge in [0.1, 0.15) is 0 Å². The molecule has 0 aliphatic heterocycles. The minimum Gasteiger partial charge on any atom is -0.378 e. The number of aromatic nitrogens is 2. The molecule has 1 N–H and O–H groups in total. The van der Waals surface area contributed by atoms with Crippen LogP contribution in [0.5, 0.6) is 0 Å². The van der Waals surface area contributed by atoms with E-state index >= 15 is 0 Å². The molecular weight excluding hydrogens is 324 g/mol. The summed E-state index contributed by atoms with van der Waals surface area (Å²) in [5.74, 6) is 0. The van der Waals surface area contributed by atoms with Crippen LogP contribution in [-0.2, 0) is 6.54 Å². The molecule has 0 atom stereocenters. The molecule has 0 bridgehead atoms. The highest BCUT2D eigenvalue weighted by Crippen LogP contribution is 2.24. The summed E-state index contributed by atoms with van der Waals surface area (Å²) >= 11 is 3.24. The number of rotatable bonds is 5.